The van der Waals surface area contributed by atoms with E-state index >= 15 is 0 Å². The van der Waals surface area contributed by atoms with Gasteiger partial charge in [0.25, 0.3) is 5.56 Å². The van der Waals surface area contributed by atoms with Crippen LogP contribution in [0.25, 0.3) is 16.6 Å². The van der Waals surface area contributed by atoms with Crippen molar-refractivity contribution in [1.82, 2.24) is 9.55 Å². The van der Waals surface area contributed by atoms with E-state index in [1.54, 1.807) is 24.3 Å². The largest absolute Gasteiger partial charge is 0.465 e. The van der Waals surface area contributed by atoms with Crippen molar-refractivity contribution in [1.29, 1.82) is 0 Å². The summed E-state index contributed by atoms with van der Waals surface area (Å²) in [7, 11) is 1.32. The molecule has 0 bridgehead atoms. The maximum atomic E-state index is 12.8. The predicted octanol–water partition coefficient (Wildman–Crippen LogP) is 4.17. The quantitative estimate of drug-likeness (QED) is 0.553. The summed E-state index contributed by atoms with van der Waals surface area (Å²) in [6.07, 6.45) is 0. The molecule has 0 aliphatic heterocycles. The van der Waals surface area contributed by atoms with Gasteiger partial charge in [-0.15, -0.1) is 0 Å². The molecule has 0 saturated heterocycles. The number of rotatable bonds is 2. The van der Waals surface area contributed by atoms with E-state index in [0.29, 0.717) is 26.9 Å². The van der Waals surface area contributed by atoms with Crippen molar-refractivity contribution in [3.63, 3.8) is 0 Å². The lowest BCUT2D eigenvalue weighted by Crippen LogP contribution is -2.20. The molecule has 2 aromatic carbocycles. The van der Waals surface area contributed by atoms with E-state index < -0.39 is 5.97 Å². The summed E-state index contributed by atoms with van der Waals surface area (Å²) in [6.45, 7) is 5.93. The Bertz CT molecular complexity index is 1020. The fraction of sp³-hybridized carbons (Fsp3) is 0.211. The van der Waals surface area contributed by atoms with E-state index in [2.05, 4.69) is 9.72 Å². The molecule has 3 aromatic rings. The van der Waals surface area contributed by atoms with Crippen LogP contribution in [0.2, 0.25) is 0 Å². The fourth-order valence-corrected chi connectivity index (χ4v) is 2.73. The van der Waals surface area contributed by atoms with Crippen LogP contribution in [-0.2, 0) is 4.74 Å². The van der Waals surface area contributed by atoms with E-state index in [1.807, 2.05) is 39.0 Å². The molecule has 6 heteroatoms. The van der Waals surface area contributed by atoms with E-state index in [4.69, 9.17) is 12.2 Å². The molecule has 130 valence electrons. The van der Waals surface area contributed by atoms with Crippen LogP contribution in [-0.4, -0.2) is 22.6 Å². The highest BCUT2D eigenvalue weighted by Gasteiger charge is 2.10. The highest BCUT2D eigenvalue weighted by molar-refractivity contribution is 7.71. The Morgan fingerprint density at radius 3 is 2.36 bits per heavy atom. The molecule has 0 aliphatic rings. The molecule has 5 nitrogen and oxygen atoms in total. The smallest absolute Gasteiger partial charge is 0.337 e. The van der Waals surface area contributed by atoms with Gasteiger partial charge in [0.1, 0.15) is 0 Å². The highest BCUT2D eigenvalue weighted by atomic mass is 32.1. The third-order valence-corrected chi connectivity index (χ3v) is 3.88. The first kappa shape index (κ1) is 18.6. The maximum Gasteiger partial charge on any atom is 0.337 e. The monoisotopic (exact) mass is 356 g/mol. The Morgan fingerprint density at radius 2 is 1.76 bits per heavy atom. The van der Waals surface area contributed by atoms with Gasteiger partial charge in [-0.2, -0.15) is 0 Å². The van der Waals surface area contributed by atoms with Crippen LogP contribution in [0.4, 0.5) is 0 Å². The number of hydrogen-bond donors (Lipinski definition) is 1. The number of carbonyl (C=O) groups is 1. The summed E-state index contributed by atoms with van der Waals surface area (Å²) in [4.78, 5) is 27.3. The number of nitrogens with zero attached hydrogens (tertiary/aromatic N) is 1. The van der Waals surface area contributed by atoms with Crippen LogP contribution in [0.3, 0.4) is 0 Å². The van der Waals surface area contributed by atoms with Crippen molar-refractivity contribution in [3.8, 4) is 5.69 Å². The minimum atomic E-state index is -0.428. The van der Waals surface area contributed by atoms with E-state index in [9.17, 15) is 9.59 Å². The van der Waals surface area contributed by atoms with E-state index in [0.717, 1.165) is 5.56 Å². The number of H-pyrrole nitrogens is 1. The van der Waals surface area contributed by atoms with Crippen molar-refractivity contribution < 1.29 is 9.53 Å². The lowest BCUT2D eigenvalue weighted by Gasteiger charge is -2.09. The summed E-state index contributed by atoms with van der Waals surface area (Å²) >= 11 is 5.30. The number of methoxy groups -OCH3 is 1. The van der Waals surface area contributed by atoms with Crippen molar-refractivity contribution in [2.75, 3.05) is 7.11 Å². The first-order valence-corrected chi connectivity index (χ1v) is 8.36. The van der Waals surface area contributed by atoms with Gasteiger partial charge in [-0.05, 0) is 55.5 Å². The van der Waals surface area contributed by atoms with Gasteiger partial charge in [-0.1, -0.05) is 25.5 Å². The first-order valence-electron chi connectivity index (χ1n) is 7.95. The normalized spacial score (nSPS) is 10.1. The molecule has 3 rings (SSSR count). The number of aromatic amines is 1. The molecule has 0 radical (unpaired) electrons. The zero-order chi connectivity index (χ0) is 18.6. The zero-order valence-corrected chi connectivity index (χ0v) is 15.4. The summed E-state index contributed by atoms with van der Waals surface area (Å²) in [5, 5.41) is 0.565. The molecule has 0 saturated carbocycles. The minimum Gasteiger partial charge on any atom is -0.465 e. The minimum absolute atomic E-state index is 0.196. The standard InChI is InChI=1S/C17H14N2O3S.C2H6/c1-10-3-8-14-13(9-10)15(20)19(17(23)18-14)12-6-4-11(5-7-12)16(21)22-2;1-2/h3-9H,1-2H3,(H,18,23);1-2H3. The van der Waals surface area contributed by atoms with Gasteiger partial charge in [0.15, 0.2) is 4.77 Å². The van der Waals surface area contributed by atoms with Gasteiger partial charge < -0.3 is 9.72 Å². The van der Waals surface area contributed by atoms with Crippen molar-refractivity contribution in [3.05, 3.63) is 68.7 Å². The maximum absolute atomic E-state index is 12.8. The molecule has 0 atom stereocenters. The van der Waals surface area contributed by atoms with Crippen LogP contribution in [0.5, 0.6) is 0 Å². The molecule has 0 aliphatic carbocycles. The fourth-order valence-electron chi connectivity index (χ4n) is 2.43. The molecule has 1 heterocycles. The van der Waals surface area contributed by atoms with Crippen molar-refractivity contribution in [2.24, 2.45) is 0 Å². The summed E-state index contributed by atoms with van der Waals surface area (Å²) in [5.74, 6) is -0.428. The summed E-state index contributed by atoms with van der Waals surface area (Å²) in [6, 6.07) is 12.1. The van der Waals surface area contributed by atoms with Gasteiger partial charge >= 0.3 is 5.97 Å². The number of fused-ring (bicyclic) bond motifs is 1. The second-order valence-electron chi connectivity index (χ2n) is 5.16. The van der Waals surface area contributed by atoms with Gasteiger partial charge in [0.2, 0.25) is 0 Å². The van der Waals surface area contributed by atoms with Gasteiger partial charge in [-0.3, -0.25) is 9.36 Å². The SMILES string of the molecule is CC.COC(=O)c1ccc(-n2c(=S)[nH]c3ccc(C)cc3c2=O)cc1. The Kier molecular flexibility index (Phi) is 5.88. The predicted molar refractivity (Wildman–Crippen MR) is 102 cm³/mol. The van der Waals surface area contributed by atoms with Crippen molar-refractivity contribution in [2.45, 2.75) is 20.8 Å². The Morgan fingerprint density at radius 1 is 1.12 bits per heavy atom. The number of carbonyl (C=O) groups excluding carboxylic acids is 1. The molecule has 0 spiro atoms. The molecule has 25 heavy (non-hydrogen) atoms. The molecule has 1 N–H and O–H groups in total. The molecule has 0 fully saturated rings. The van der Waals surface area contributed by atoms with Crippen LogP contribution < -0.4 is 5.56 Å². The number of esters is 1. The Balaban J connectivity index is 0.00000109. The van der Waals surface area contributed by atoms with Crippen LogP contribution >= 0.6 is 12.2 Å². The second-order valence-corrected chi connectivity index (χ2v) is 5.54. The van der Waals surface area contributed by atoms with Crippen molar-refractivity contribution >= 4 is 29.1 Å². The molecule has 0 unspecified atom stereocenters. The second kappa shape index (κ2) is 7.90. The van der Waals surface area contributed by atoms with E-state index in [1.165, 1.54) is 11.7 Å². The van der Waals surface area contributed by atoms with Crippen LogP contribution in [0, 0.1) is 11.7 Å². The lowest BCUT2D eigenvalue weighted by molar-refractivity contribution is 0.0601. The number of nitrogens with one attached hydrogen (secondary N) is 1. The number of ether oxygens (including phenoxy) is 1. The lowest BCUT2D eigenvalue weighted by atomic mass is 10.1. The third kappa shape index (κ3) is 3.69. The van der Waals surface area contributed by atoms with E-state index in [-0.39, 0.29) is 5.56 Å². The van der Waals surface area contributed by atoms with Crippen LogP contribution in [0.15, 0.2) is 47.3 Å². The highest BCUT2D eigenvalue weighted by Crippen LogP contribution is 2.14. The average Bonchev–Trinajstić information content (AvgIpc) is 2.64. The summed E-state index contributed by atoms with van der Waals surface area (Å²) < 4.78 is 6.38. The number of aryl methyl sites for hydroxylation is 1. The zero-order valence-electron chi connectivity index (χ0n) is 14.6. The number of hydrogen-bond acceptors (Lipinski definition) is 4. The third-order valence-electron chi connectivity index (χ3n) is 3.60. The Labute approximate surface area is 150 Å². The molecule has 0 amide bonds. The topological polar surface area (TPSA) is 64.1 Å². The first-order chi connectivity index (χ1) is 12.0. The molecule has 1 aromatic heterocycles. The molecular formula is C19H20N2O3S. The van der Waals surface area contributed by atoms with Gasteiger partial charge in [-0.25, -0.2) is 4.79 Å². The number of benzene rings is 2. The van der Waals surface area contributed by atoms with Gasteiger partial charge in [0.05, 0.1) is 29.3 Å². The van der Waals surface area contributed by atoms with Crippen LogP contribution in [0.1, 0.15) is 29.8 Å². The average molecular weight is 356 g/mol. The number of aromatic nitrogens is 2. The van der Waals surface area contributed by atoms with Gasteiger partial charge in [0, 0.05) is 0 Å². The Hall–Kier alpha value is -2.73. The molecular weight excluding hydrogens is 336 g/mol. The summed E-state index contributed by atoms with van der Waals surface area (Å²) in [5.41, 5.74) is 2.50.